The minimum Gasteiger partial charge on any atom is -0.352 e. The molecule has 0 bridgehead atoms. The van der Waals surface area contributed by atoms with E-state index in [1.807, 2.05) is 25.1 Å². The van der Waals surface area contributed by atoms with Gasteiger partial charge in [-0.3, -0.25) is 4.79 Å². The summed E-state index contributed by atoms with van der Waals surface area (Å²) < 4.78 is 1.76. The van der Waals surface area contributed by atoms with Crippen LogP contribution in [-0.2, 0) is 6.42 Å². The number of amides is 1. The monoisotopic (exact) mass is 355 g/mol. The predicted octanol–water partition coefficient (Wildman–Crippen LogP) is 2.68. The Morgan fingerprint density at radius 2 is 2.23 bits per heavy atom. The summed E-state index contributed by atoms with van der Waals surface area (Å²) in [6.07, 6.45) is 6.50. The number of hydrogen-bond acceptors (Lipinski definition) is 4. The Kier molecular flexibility index (Phi) is 6.04. The Labute approximate surface area is 155 Å². The molecule has 1 N–H and O–H groups in total. The highest BCUT2D eigenvalue weighted by atomic mass is 16.1. The molecule has 0 spiro atoms. The van der Waals surface area contributed by atoms with Crippen molar-refractivity contribution in [3.63, 3.8) is 0 Å². The maximum absolute atomic E-state index is 12.7. The van der Waals surface area contributed by atoms with Gasteiger partial charge in [-0.25, -0.2) is 9.67 Å². The zero-order valence-corrected chi connectivity index (χ0v) is 16.0. The number of nitrogens with one attached hydrogen (secondary N) is 1. The van der Waals surface area contributed by atoms with Gasteiger partial charge in [0.25, 0.3) is 5.91 Å². The maximum atomic E-state index is 12.7. The summed E-state index contributed by atoms with van der Waals surface area (Å²) >= 11 is 0. The SMILES string of the molecule is CCc1c(C(=O)NC[C@H]2CCCN(C(C)C)C2)cnn1-c1ccccn1. The van der Waals surface area contributed by atoms with E-state index >= 15 is 0 Å². The lowest BCUT2D eigenvalue weighted by molar-refractivity contribution is 0.0921. The van der Waals surface area contributed by atoms with Crippen LogP contribution in [-0.4, -0.2) is 51.2 Å². The smallest absolute Gasteiger partial charge is 0.254 e. The van der Waals surface area contributed by atoms with Crippen LogP contribution in [0.4, 0.5) is 0 Å². The van der Waals surface area contributed by atoms with Crippen LogP contribution in [0.25, 0.3) is 5.82 Å². The van der Waals surface area contributed by atoms with Gasteiger partial charge in [-0.2, -0.15) is 5.10 Å². The first kappa shape index (κ1) is 18.6. The van der Waals surface area contributed by atoms with Crippen molar-refractivity contribution in [2.75, 3.05) is 19.6 Å². The highest BCUT2D eigenvalue weighted by Gasteiger charge is 2.23. The van der Waals surface area contributed by atoms with Crippen LogP contribution >= 0.6 is 0 Å². The van der Waals surface area contributed by atoms with Gasteiger partial charge in [-0.05, 0) is 57.7 Å². The Balaban J connectivity index is 1.66. The summed E-state index contributed by atoms with van der Waals surface area (Å²) in [6, 6.07) is 6.26. The number of rotatable bonds is 6. The summed E-state index contributed by atoms with van der Waals surface area (Å²) in [4.78, 5) is 19.6. The topological polar surface area (TPSA) is 63.1 Å². The molecule has 0 saturated carbocycles. The van der Waals surface area contributed by atoms with Crippen molar-refractivity contribution in [3.8, 4) is 5.82 Å². The molecular formula is C20H29N5O. The highest BCUT2D eigenvalue weighted by molar-refractivity contribution is 5.95. The maximum Gasteiger partial charge on any atom is 0.254 e. The molecule has 0 aliphatic carbocycles. The molecule has 1 saturated heterocycles. The number of carbonyl (C=O) groups is 1. The lowest BCUT2D eigenvalue weighted by Gasteiger charge is -2.35. The van der Waals surface area contributed by atoms with Gasteiger partial charge in [0, 0.05) is 25.3 Å². The van der Waals surface area contributed by atoms with Crippen molar-refractivity contribution in [1.29, 1.82) is 0 Å². The number of pyridine rings is 1. The second-order valence-electron chi connectivity index (χ2n) is 7.27. The normalized spacial score (nSPS) is 18.2. The van der Waals surface area contributed by atoms with Crippen LogP contribution < -0.4 is 5.32 Å². The van der Waals surface area contributed by atoms with E-state index < -0.39 is 0 Å². The van der Waals surface area contributed by atoms with Crippen molar-refractivity contribution < 1.29 is 4.79 Å². The average molecular weight is 355 g/mol. The van der Waals surface area contributed by atoms with Crippen LogP contribution in [0.1, 0.15) is 49.7 Å². The van der Waals surface area contributed by atoms with Crippen LogP contribution in [0.2, 0.25) is 0 Å². The molecule has 1 fully saturated rings. The molecule has 0 aromatic carbocycles. The molecule has 1 amide bonds. The molecule has 3 heterocycles. The second kappa shape index (κ2) is 8.45. The molecule has 0 unspecified atom stereocenters. The molecule has 140 valence electrons. The van der Waals surface area contributed by atoms with E-state index in [1.54, 1.807) is 17.1 Å². The van der Waals surface area contributed by atoms with Gasteiger partial charge in [0.2, 0.25) is 0 Å². The molecule has 3 rings (SSSR count). The summed E-state index contributed by atoms with van der Waals surface area (Å²) in [7, 11) is 0. The van der Waals surface area contributed by atoms with Gasteiger partial charge in [0.15, 0.2) is 5.82 Å². The van der Waals surface area contributed by atoms with Gasteiger partial charge in [0.1, 0.15) is 0 Å². The first-order valence-electron chi connectivity index (χ1n) is 9.60. The fourth-order valence-electron chi connectivity index (χ4n) is 3.65. The fourth-order valence-corrected chi connectivity index (χ4v) is 3.65. The van der Waals surface area contributed by atoms with E-state index in [0.29, 0.717) is 17.5 Å². The molecule has 2 aromatic rings. The second-order valence-corrected chi connectivity index (χ2v) is 7.27. The van der Waals surface area contributed by atoms with Crippen LogP contribution in [0, 0.1) is 5.92 Å². The quantitative estimate of drug-likeness (QED) is 0.865. The van der Waals surface area contributed by atoms with Crippen molar-refractivity contribution in [2.45, 2.75) is 46.1 Å². The minimum atomic E-state index is -0.0364. The molecular weight excluding hydrogens is 326 g/mol. The molecule has 6 nitrogen and oxygen atoms in total. The first-order chi connectivity index (χ1) is 12.6. The zero-order chi connectivity index (χ0) is 18.5. The third-order valence-corrected chi connectivity index (χ3v) is 5.15. The Bertz CT molecular complexity index is 725. The average Bonchev–Trinajstić information content (AvgIpc) is 3.11. The standard InChI is InChI=1S/C20H29N5O/c1-4-18-17(13-23-25(18)19-9-5-6-10-21-19)20(26)22-12-16-8-7-11-24(14-16)15(2)3/h5-6,9-10,13,15-16H,4,7-8,11-12,14H2,1-3H3,(H,22,26)/t16-/m1/s1. The van der Waals surface area contributed by atoms with Crippen LogP contribution in [0.5, 0.6) is 0 Å². The number of nitrogens with zero attached hydrogens (tertiary/aromatic N) is 4. The van der Waals surface area contributed by atoms with E-state index in [2.05, 4.69) is 34.1 Å². The zero-order valence-electron chi connectivity index (χ0n) is 16.0. The van der Waals surface area contributed by atoms with Gasteiger partial charge in [-0.15, -0.1) is 0 Å². The number of hydrogen-bond donors (Lipinski definition) is 1. The summed E-state index contributed by atoms with van der Waals surface area (Å²) in [5, 5.41) is 7.52. The van der Waals surface area contributed by atoms with Crippen molar-refractivity contribution in [1.82, 2.24) is 25.0 Å². The molecule has 1 aliphatic heterocycles. The minimum absolute atomic E-state index is 0.0364. The number of likely N-dealkylation sites (tertiary alicyclic amines) is 1. The molecule has 0 radical (unpaired) electrons. The van der Waals surface area contributed by atoms with E-state index in [-0.39, 0.29) is 5.91 Å². The molecule has 2 aromatic heterocycles. The predicted molar refractivity (Wildman–Crippen MR) is 103 cm³/mol. The molecule has 1 aliphatic rings. The van der Waals surface area contributed by atoms with Gasteiger partial charge in [0.05, 0.1) is 17.5 Å². The van der Waals surface area contributed by atoms with Crippen molar-refractivity contribution >= 4 is 5.91 Å². The number of piperidine rings is 1. The molecule has 1 atom stereocenters. The van der Waals surface area contributed by atoms with Gasteiger partial charge in [-0.1, -0.05) is 13.0 Å². The third-order valence-electron chi connectivity index (χ3n) is 5.15. The number of aromatic nitrogens is 3. The lowest BCUT2D eigenvalue weighted by atomic mass is 9.97. The van der Waals surface area contributed by atoms with E-state index in [0.717, 1.165) is 31.0 Å². The fraction of sp³-hybridized carbons (Fsp3) is 0.550. The van der Waals surface area contributed by atoms with E-state index in [1.165, 1.54) is 19.4 Å². The summed E-state index contributed by atoms with van der Waals surface area (Å²) in [5.74, 6) is 1.22. The number of carbonyl (C=O) groups excluding carboxylic acids is 1. The van der Waals surface area contributed by atoms with E-state index in [4.69, 9.17) is 0 Å². The Morgan fingerprint density at radius 1 is 1.38 bits per heavy atom. The van der Waals surface area contributed by atoms with Gasteiger partial charge >= 0.3 is 0 Å². The summed E-state index contributed by atoms with van der Waals surface area (Å²) in [5.41, 5.74) is 1.54. The van der Waals surface area contributed by atoms with Crippen LogP contribution in [0.3, 0.4) is 0 Å². The van der Waals surface area contributed by atoms with Gasteiger partial charge < -0.3 is 10.2 Å². The highest BCUT2D eigenvalue weighted by Crippen LogP contribution is 2.18. The lowest BCUT2D eigenvalue weighted by Crippen LogP contribution is -2.43. The van der Waals surface area contributed by atoms with E-state index in [9.17, 15) is 4.79 Å². The van der Waals surface area contributed by atoms with Crippen molar-refractivity contribution in [2.24, 2.45) is 5.92 Å². The largest absolute Gasteiger partial charge is 0.352 e. The first-order valence-corrected chi connectivity index (χ1v) is 9.60. The molecule has 6 heteroatoms. The summed E-state index contributed by atoms with van der Waals surface area (Å²) in [6.45, 7) is 9.46. The Morgan fingerprint density at radius 3 is 2.92 bits per heavy atom. The Hall–Kier alpha value is -2.21. The van der Waals surface area contributed by atoms with Crippen molar-refractivity contribution in [3.05, 3.63) is 41.9 Å². The third kappa shape index (κ3) is 4.12. The molecule has 26 heavy (non-hydrogen) atoms. The van der Waals surface area contributed by atoms with Crippen LogP contribution in [0.15, 0.2) is 30.6 Å².